The summed E-state index contributed by atoms with van der Waals surface area (Å²) in [5, 5.41) is 0.812. The SMILES string of the molecule is COc1cccc2cc(CNOCC(F)(F)F)oc12. The van der Waals surface area contributed by atoms with E-state index in [2.05, 4.69) is 10.3 Å². The number of nitrogens with one attached hydrogen (secondary N) is 1. The van der Waals surface area contributed by atoms with Crippen LogP contribution in [0.5, 0.6) is 5.75 Å². The summed E-state index contributed by atoms with van der Waals surface area (Å²) in [6.07, 6.45) is -4.36. The molecule has 7 heteroatoms. The molecule has 1 N–H and O–H groups in total. The molecule has 19 heavy (non-hydrogen) atoms. The maximum atomic E-state index is 11.8. The lowest BCUT2D eigenvalue weighted by Gasteiger charge is -2.06. The molecule has 0 bridgehead atoms. The quantitative estimate of drug-likeness (QED) is 0.673. The number of hydroxylamine groups is 1. The molecule has 0 saturated heterocycles. The molecule has 2 aromatic rings. The first-order valence-corrected chi connectivity index (χ1v) is 5.46. The monoisotopic (exact) mass is 275 g/mol. The van der Waals surface area contributed by atoms with Crippen molar-refractivity contribution in [2.75, 3.05) is 13.7 Å². The number of alkyl halides is 3. The van der Waals surface area contributed by atoms with Crippen molar-refractivity contribution in [1.29, 1.82) is 0 Å². The van der Waals surface area contributed by atoms with Gasteiger partial charge in [-0.05, 0) is 12.1 Å². The van der Waals surface area contributed by atoms with Gasteiger partial charge in [0.15, 0.2) is 17.9 Å². The molecule has 104 valence electrons. The van der Waals surface area contributed by atoms with Crippen LogP contribution in [0.25, 0.3) is 11.0 Å². The van der Waals surface area contributed by atoms with E-state index in [-0.39, 0.29) is 6.54 Å². The van der Waals surface area contributed by atoms with E-state index in [9.17, 15) is 13.2 Å². The summed E-state index contributed by atoms with van der Waals surface area (Å²) >= 11 is 0. The minimum atomic E-state index is -4.36. The van der Waals surface area contributed by atoms with Gasteiger partial charge in [-0.3, -0.25) is 4.84 Å². The van der Waals surface area contributed by atoms with Crippen LogP contribution in [-0.4, -0.2) is 19.9 Å². The van der Waals surface area contributed by atoms with Crippen LogP contribution in [0.15, 0.2) is 28.7 Å². The van der Waals surface area contributed by atoms with Gasteiger partial charge in [-0.15, -0.1) is 0 Å². The summed E-state index contributed by atoms with van der Waals surface area (Å²) in [6.45, 7) is -1.32. The highest BCUT2D eigenvalue weighted by molar-refractivity contribution is 5.83. The molecule has 1 aromatic heterocycles. The van der Waals surface area contributed by atoms with E-state index >= 15 is 0 Å². The second-order valence-electron chi connectivity index (χ2n) is 3.82. The number of benzene rings is 1. The van der Waals surface area contributed by atoms with E-state index in [1.807, 2.05) is 6.07 Å². The van der Waals surface area contributed by atoms with Crippen molar-refractivity contribution in [1.82, 2.24) is 5.48 Å². The maximum Gasteiger partial charge on any atom is 0.413 e. The Morgan fingerprint density at radius 3 is 2.79 bits per heavy atom. The molecule has 1 heterocycles. The number of hydrogen-bond donors (Lipinski definition) is 1. The highest BCUT2D eigenvalue weighted by atomic mass is 19.4. The fourth-order valence-electron chi connectivity index (χ4n) is 1.59. The Morgan fingerprint density at radius 1 is 1.32 bits per heavy atom. The number of para-hydroxylation sites is 1. The van der Waals surface area contributed by atoms with Crippen molar-refractivity contribution in [2.24, 2.45) is 0 Å². The number of ether oxygens (including phenoxy) is 1. The number of hydrogen-bond acceptors (Lipinski definition) is 4. The van der Waals surface area contributed by atoms with Crippen LogP contribution in [0.1, 0.15) is 5.76 Å². The lowest BCUT2D eigenvalue weighted by molar-refractivity contribution is -0.190. The Kier molecular flexibility index (Phi) is 3.96. The van der Waals surface area contributed by atoms with Gasteiger partial charge >= 0.3 is 6.18 Å². The Labute approximate surface area is 107 Å². The van der Waals surface area contributed by atoms with Gasteiger partial charge in [-0.2, -0.15) is 18.7 Å². The Hall–Kier alpha value is -1.73. The zero-order valence-electron chi connectivity index (χ0n) is 10.1. The molecule has 0 fully saturated rings. The normalized spacial score (nSPS) is 12.0. The summed E-state index contributed by atoms with van der Waals surface area (Å²) in [7, 11) is 1.52. The van der Waals surface area contributed by atoms with E-state index in [1.165, 1.54) is 7.11 Å². The zero-order chi connectivity index (χ0) is 13.9. The fourth-order valence-corrected chi connectivity index (χ4v) is 1.59. The highest BCUT2D eigenvalue weighted by Gasteiger charge is 2.27. The molecular formula is C12H12F3NO3. The Balaban J connectivity index is 1.98. The summed E-state index contributed by atoms with van der Waals surface area (Å²) < 4.78 is 46.1. The minimum absolute atomic E-state index is 0.0356. The molecule has 0 atom stereocenters. The van der Waals surface area contributed by atoms with Gasteiger partial charge in [-0.1, -0.05) is 12.1 Å². The third-order valence-electron chi connectivity index (χ3n) is 2.36. The van der Waals surface area contributed by atoms with Gasteiger partial charge in [0, 0.05) is 5.39 Å². The third-order valence-corrected chi connectivity index (χ3v) is 2.36. The van der Waals surface area contributed by atoms with Gasteiger partial charge in [0.1, 0.15) is 5.76 Å². The first-order valence-electron chi connectivity index (χ1n) is 5.46. The summed E-state index contributed by atoms with van der Waals surface area (Å²) in [5.41, 5.74) is 2.76. The lowest BCUT2D eigenvalue weighted by Crippen LogP contribution is -2.24. The number of methoxy groups -OCH3 is 1. The summed E-state index contributed by atoms with van der Waals surface area (Å²) in [6, 6.07) is 7.07. The highest BCUT2D eigenvalue weighted by Crippen LogP contribution is 2.28. The van der Waals surface area contributed by atoms with Crippen molar-refractivity contribution in [3.63, 3.8) is 0 Å². The van der Waals surface area contributed by atoms with Crippen LogP contribution in [0.4, 0.5) is 13.2 Å². The summed E-state index contributed by atoms with van der Waals surface area (Å²) in [5.74, 6) is 1.03. The van der Waals surface area contributed by atoms with Crippen LogP contribution in [0.3, 0.4) is 0 Å². The number of furan rings is 1. The van der Waals surface area contributed by atoms with Crippen molar-refractivity contribution in [2.45, 2.75) is 12.7 Å². The predicted octanol–water partition coefficient (Wildman–Crippen LogP) is 3.02. The summed E-state index contributed by atoms with van der Waals surface area (Å²) in [4.78, 5) is 4.29. The lowest BCUT2D eigenvalue weighted by atomic mass is 10.2. The van der Waals surface area contributed by atoms with Gasteiger partial charge in [0.25, 0.3) is 0 Å². The Bertz CT molecular complexity index is 551. The second kappa shape index (κ2) is 5.50. The van der Waals surface area contributed by atoms with E-state index in [0.29, 0.717) is 17.1 Å². The molecule has 4 nitrogen and oxygen atoms in total. The first-order chi connectivity index (χ1) is 8.99. The molecule has 1 aromatic carbocycles. The molecular weight excluding hydrogens is 263 g/mol. The van der Waals surface area contributed by atoms with Crippen LogP contribution in [-0.2, 0) is 11.4 Å². The number of halogens is 3. The van der Waals surface area contributed by atoms with Crippen molar-refractivity contribution >= 4 is 11.0 Å². The minimum Gasteiger partial charge on any atom is -0.493 e. The predicted molar refractivity (Wildman–Crippen MR) is 61.6 cm³/mol. The standard InChI is InChI=1S/C12H12F3NO3/c1-17-10-4-2-3-8-5-9(19-11(8)10)6-16-18-7-12(13,14)15/h2-5,16H,6-7H2,1H3. The second-order valence-corrected chi connectivity index (χ2v) is 3.82. The van der Waals surface area contributed by atoms with Gasteiger partial charge in [0.05, 0.1) is 13.7 Å². The van der Waals surface area contributed by atoms with Gasteiger partial charge in [0.2, 0.25) is 0 Å². The average Bonchev–Trinajstić information content (AvgIpc) is 2.76. The van der Waals surface area contributed by atoms with Gasteiger partial charge < -0.3 is 9.15 Å². The molecule has 2 rings (SSSR count). The van der Waals surface area contributed by atoms with Crippen molar-refractivity contribution < 1.29 is 27.2 Å². The smallest absolute Gasteiger partial charge is 0.413 e. The van der Waals surface area contributed by atoms with Crippen LogP contribution in [0, 0.1) is 0 Å². The molecule has 0 spiro atoms. The third kappa shape index (κ3) is 3.62. The molecule has 0 unspecified atom stereocenters. The largest absolute Gasteiger partial charge is 0.493 e. The Morgan fingerprint density at radius 2 is 2.11 bits per heavy atom. The van der Waals surface area contributed by atoms with Crippen LogP contribution in [0.2, 0.25) is 0 Å². The number of fused-ring (bicyclic) bond motifs is 1. The fraction of sp³-hybridized carbons (Fsp3) is 0.333. The van der Waals surface area contributed by atoms with Crippen LogP contribution >= 0.6 is 0 Å². The van der Waals surface area contributed by atoms with E-state index in [0.717, 1.165) is 5.39 Å². The topological polar surface area (TPSA) is 43.6 Å². The van der Waals surface area contributed by atoms with E-state index < -0.39 is 12.8 Å². The maximum absolute atomic E-state index is 11.8. The van der Waals surface area contributed by atoms with E-state index in [1.54, 1.807) is 18.2 Å². The molecule has 0 aliphatic rings. The number of rotatable bonds is 5. The average molecular weight is 275 g/mol. The first kappa shape index (κ1) is 13.7. The molecule has 0 aliphatic carbocycles. The van der Waals surface area contributed by atoms with Crippen molar-refractivity contribution in [3.8, 4) is 5.75 Å². The molecule has 0 saturated carbocycles. The van der Waals surface area contributed by atoms with Gasteiger partial charge in [-0.25, -0.2) is 0 Å². The van der Waals surface area contributed by atoms with Crippen molar-refractivity contribution in [3.05, 3.63) is 30.0 Å². The zero-order valence-corrected chi connectivity index (χ0v) is 10.1. The van der Waals surface area contributed by atoms with Crippen LogP contribution < -0.4 is 10.2 Å². The van der Waals surface area contributed by atoms with E-state index in [4.69, 9.17) is 9.15 Å². The molecule has 0 aliphatic heterocycles. The molecule has 0 amide bonds. The molecule has 0 radical (unpaired) electrons.